The predicted octanol–water partition coefficient (Wildman–Crippen LogP) is 3.29. The third-order valence-corrected chi connectivity index (χ3v) is 8.45. The molecule has 6 rings (SSSR count). The second-order valence-corrected chi connectivity index (χ2v) is 11.5. The largest absolute Gasteiger partial charge is 0.496 e. The van der Waals surface area contributed by atoms with Crippen molar-refractivity contribution < 1.29 is 40.7 Å². The van der Waals surface area contributed by atoms with Gasteiger partial charge in [0.25, 0.3) is 17.8 Å². The third kappa shape index (κ3) is 5.50. The van der Waals surface area contributed by atoms with E-state index >= 15 is 4.39 Å². The summed E-state index contributed by atoms with van der Waals surface area (Å²) in [6, 6.07) is 2.57. The number of fused-ring (bicyclic) bond motifs is 1. The van der Waals surface area contributed by atoms with E-state index in [1.54, 1.807) is 6.07 Å². The van der Waals surface area contributed by atoms with Crippen molar-refractivity contribution in [1.82, 2.24) is 29.7 Å². The molecular weight excluding hydrogens is 596 g/mol. The number of rotatable bonds is 7. The van der Waals surface area contributed by atoms with E-state index in [-0.39, 0.29) is 67.4 Å². The maximum Gasteiger partial charge on any atom is 0.260 e. The highest BCUT2D eigenvalue weighted by Gasteiger charge is 2.63. The number of hydrogen-bond acceptors (Lipinski definition) is 7. The number of nitrogens with two attached hydrogens (primary N) is 1. The van der Waals surface area contributed by atoms with Crippen LogP contribution in [0.3, 0.4) is 0 Å². The molecule has 16 heteroatoms. The van der Waals surface area contributed by atoms with Crippen LogP contribution in [0.2, 0.25) is 0 Å². The Morgan fingerprint density at radius 1 is 1.14 bits per heavy atom. The van der Waals surface area contributed by atoms with E-state index in [1.807, 2.05) is 4.90 Å². The number of anilines is 1. The molecule has 1 unspecified atom stereocenters. The van der Waals surface area contributed by atoms with Gasteiger partial charge in [0.2, 0.25) is 5.91 Å². The van der Waals surface area contributed by atoms with Gasteiger partial charge in [-0.2, -0.15) is 5.10 Å². The molecule has 2 aliphatic heterocycles. The van der Waals surface area contributed by atoms with Gasteiger partial charge in [-0.15, -0.1) is 0 Å². The van der Waals surface area contributed by atoms with Gasteiger partial charge >= 0.3 is 0 Å². The van der Waals surface area contributed by atoms with Crippen LogP contribution >= 0.6 is 0 Å². The van der Waals surface area contributed by atoms with E-state index in [2.05, 4.69) is 15.4 Å². The lowest BCUT2D eigenvalue weighted by Gasteiger charge is -2.31. The van der Waals surface area contributed by atoms with Crippen molar-refractivity contribution >= 4 is 23.1 Å². The molecule has 3 N–H and O–H groups in total. The molecule has 44 heavy (non-hydrogen) atoms. The Kier molecular flexibility index (Phi) is 7.37. The molecule has 1 saturated carbocycles. The number of amides is 2. The van der Waals surface area contributed by atoms with Crippen LogP contribution in [0.4, 0.5) is 32.2 Å². The number of aromatic nitrogens is 3. The molecule has 3 atom stereocenters. The number of benzene rings is 1. The Balaban J connectivity index is 1.28. The van der Waals surface area contributed by atoms with Crippen molar-refractivity contribution in [3.05, 3.63) is 41.5 Å². The van der Waals surface area contributed by atoms with Crippen LogP contribution in [0.1, 0.15) is 35.2 Å². The molecule has 3 fully saturated rings. The van der Waals surface area contributed by atoms with E-state index in [4.69, 9.17) is 10.5 Å². The first kappa shape index (κ1) is 30.0. The summed E-state index contributed by atoms with van der Waals surface area (Å²) in [5.41, 5.74) is 6.98. The van der Waals surface area contributed by atoms with Crippen LogP contribution in [0.5, 0.6) is 5.75 Å². The van der Waals surface area contributed by atoms with Gasteiger partial charge in [-0.3, -0.25) is 14.5 Å². The minimum atomic E-state index is -3.11. The van der Waals surface area contributed by atoms with Crippen molar-refractivity contribution in [2.24, 2.45) is 5.92 Å². The lowest BCUT2D eigenvalue weighted by atomic mass is 10.0. The Morgan fingerprint density at radius 2 is 1.84 bits per heavy atom. The van der Waals surface area contributed by atoms with E-state index < -0.39 is 60.6 Å². The summed E-state index contributed by atoms with van der Waals surface area (Å²) in [6.45, 7) is -0.268. The second kappa shape index (κ2) is 10.8. The number of halogens is 6. The number of hydrogen-bond donors (Lipinski definition) is 2. The van der Waals surface area contributed by atoms with Gasteiger partial charge in [0.15, 0.2) is 5.82 Å². The maximum atomic E-state index is 15.5. The molecule has 2 aromatic heterocycles. The highest BCUT2D eigenvalue weighted by Crippen LogP contribution is 2.50. The van der Waals surface area contributed by atoms with E-state index in [0.717, 1.165) is 17.3 Å². The monoisotopic (exact) mass is 625 g/mol. The molecule has 10 nitrogen and oxygen atoms in total. The topological polar surface area (TPSA) is 118 Å². The zero-order valence-corrected chi connectivity index (χ0v) is 23.5. The molecule has 3 aromatic rings. The zero-order chi connectivity index (χ0) is 31.6. The lowest BCUT2D eigenvalue weighted by molar-refractivity contribution is -0.134. The van der Waals surface area contributed by atoms with Crippen LogP contribution in [0.15, 0.2) is 24.5 Å². The maximum absolute atomic E-state index is 15.5. The number of nitrogens with zero attached hydrogens (tertiary/aromatic N) is 5. The van der Waals surface area contributed by atoms with Crippen LogP contribution < -0.4 is 15.8 Å². The molecule has 0 radical (unpaired) electrons. The Labute approximate surface area is 247 Å². The summed E-state index contributed by atoms with van der Waals surface area (Å²) in [5, 5.41) is 6.69. The van der Waals surface area contributed by atoms with Crippen molar-refractivity contribution in [3.63, 3.8) is 0 Å². The Hall–Kier alpha value is -4.08. The molecule has 1 aliphatic carbocycles. The van der Waals surface area contributed by atoms with Crippen LogP contribution in [0.25, 0.3) is 16.8 Å². The fraction of sp³-hybridized carbons (Fsp3) is 0.500. The number of carbonyl (C=O) groups excluding carboxylic acids is 2. The highest BCUT2D eigenvalue weighted by atomic mass is 19.3. The first-order valence-electron chi connectivity index (χ1n) is 14.0. The van der Waals surface area contributed by atoms with Gasteiger partial charge in [0.05, 0.1) is 31.0 Å². The quantitative estimate of drug-likeness (QED) is 0.387. The summed E-state index contributed by atoms with van der Waals surface area (Å²) in [7, 11) is 1.22. The van der Waals surface area contributed by atoms with Crippen molar-refractivity contribution in [2.75, 3.05) is 39.0 Å². The molecule has 2 saturated heterocycles. The van der Waals surface area contributed by atoms with Gasteiger partial charge in [-0.05, 0) is 17.7 Å². The summed E-state index contributed by atoms with van der Waals surface area (Å²) >= 11 is 0. The molecule has 0 bridgehead atoms. The molecule has 2 amide bonds. The standard InChI is InChI=1S/C28H29F6N7O3/c1-44-22-8-18(29)15(7-16(22)25(42)38-20-12-40(11-19(20)30)26(43)17-9-28(17,33)34)21-6-14(23-24(35)36-13-37-41(21)23)10-39-4-2-27(31,32)3-5-39/h6-8,13,17,19-20H,2-5,9-12H2,1H3,(H,38,42)(H2,35,36,37)/t17?,19-,20+/m0/s1. The van der Waals surface area contributed by atoms with E-state index in [9.17, 15) is 31.5 Å². The molecular formula is C28H29F6N7O3. The summed E-state index contributed by atoms with van der Waals surface area (Å²) < 4.78 is 91.1. The predicted molar refractivity (Wildman–Crippen MR) is 145 cm³/mol. The number of alkyl halides is 5. The van der Waals surface area contributed by atoms with E-state index in [0.29, 0.717) is 11.1 Å². The first-order valence-corrected chi connectivity index (χ1v) is 14.0. The minimum absolute atomic E-state index is 0.0776. The molecule has 236 valence electrons. The number of nitrogen functional groups attached to an aromatic ring is 1. The van der Waals surface area contributed by atoms with Crippen molar-refractivity contribution in [1.29, 1.82) is 0 Å². The summed E-state index contributed by atoms with van der Waals surface area (Å²) in [5.74, 6) is -9.91. The normalized spacial score (nSPS) is 24.4. The van der Waals surface area contributed by atoms with Crippen LogP contribution in [-0.4, -0.2) is 93.6 Å². The lowest BCUT2D eigenvalue weighted by Crippen LogP contribution is -2.42. The van der Waals surface area contributed by atoms with Crippen LogP contribution in [0, 0.1) is 11.7 Å². The zero-order valence-electron chi connectivity index (χ0n) is 23.5. The second-order valence-electron chi connectivity index (χ2n) is 11.5. The van der Waals surface area contributed by atoms with Crippen molar-refractivity contribution in [3.8, 4) is 17.0 Å². The van der Waals surface area contributed by atoms with Gasteiger partial charge in [0.1, 0.15) is 35.5 Å². The number of likely N-dealkylation sites (tertiary alicyclic amines) is 2. The van der Waals surface area contributed by atoms with Gasteiger partial charge in [-0.1, -0.05) is 0 Å². The number of methoxy groups -OCH3 is 1. The van der Waals surface area contributed by atoms with Gasteiger partial charge in [0, 0.05) is 57.1 Å². The number of nitrogens with one attached hydrogen (secondary N) is 1. The molecule has 3 aliphatic rings. The molecule has 1 aromatic carbocycles. The van der Waals surface area contributed by atoms with E-state index in [1.165, 1.54) is 17.7 Å². The number of piperidine rings is 1. The van der Waals surface area contributed by atoms with Crippen molar-refractivity contribution in [2.45, 2.75) is 49.9 Å². The molecule has 0 spiro atoms. The van der Waals surface area contributed by atoms with Crippen LogP contribution in [-0.2, 0) is 11.3 Å². The summed E-state index contributed by atoms with van der Waals surface area (Å²) in [6.07, 6.45) is -1.75. The van der Waals surface area contributed by atoms with Gasteiger partial charge in [-0.25, -0.2) is 35.8 Å². The minimum Gasteiger partial charge on any atom is -0.496 e. The highest BCUT2D eigenvalue weighted by molar-refractivity contribution is 5.99. The number of ether oxygens (including phenoxy) is 1. The molecule has 4 heterocycles. The SMILES string of the molecule is COc1cc(F)c(-c2cc(CN3CCC(F)(F)CC3)c3c(N)ncnn23)cc1C(=O)N[C@@H]1CN(C(=O)C2CC2(F)F)C[C@@H]1F. The fourth-order valence-corrected chi connectivity index (χ4v) is 5.86. The fourth-order valence-electron chi connectivity index (χ4n) is 5.86. The Bertz CT molecular complexity index is 1620. The third-order valence-electron chi connectivity index (χ3n) is 8.45. The smallest absolute Gasteiger partial charge is 0.260 e. The number of carbonyl (C=O) groups is 2. The summed E-state index contributed by atoms with van der Waals surface area (Å²) in [4.78, 5) is 32.5. The van der Waals surface area contributed by atoms with Gasteiger partial charge < -0.3 is 20.7 Å². The average molecular weight is 626 g/mol. The first-order chi connectivity index (χ1) is 20.8. The Morgan fingerprint density at radius 3 is 2.50 bits per heavy atom. The average Bonchev–Trinajstić information content (AvgIpc) is 3.26.